The molecule has 1 aliphatic heterocycles. The largest absolute Gasteiger partial charge is 0.345 e. The van der Waals surface area contributed by atoms with Crippen molar-refractivity contribution in [3.8, 4) is 11.1 Å². The monoisotopic (exact) mass is 438 g/mol. The van der Waals surface area contributed by atoms with Crippen molar-refractivity contribution in [2.45, 2.75) is 38.1 Å². The molecule has 5 nitrogen and oxygen atoms in total. The van der Waals surface area contributed by atoms with Crippen molar-refractivity contribution < 1.29 is 14.4 Å². The Morgan fingerprint density at radius 3 is 1.73 bits per heavy atom. The number of carbonyl (C=O) groups excluding carboxylic acids is 3. The second-order valence-electron chi connectivity index (χ2n) is 8.65. The molecular formula is C28H26N2O3. The van der Waals surface area contributed by atoms with E-state index in [-0.39, 0.29) is 23.8 Å². The maximum Gasteiger partial charge on any atom is 0.261 e. The van der Waals surface area contributed by atoms with E-state index in [2.05, 4.69) is 29.6 Å². The number of carbonyl (C=O) groups is 3. The molecule has 166 valence electrons. The molecule has 5 heteroatoms. The summed E-state index contributed by atoms with van der Waals surface area (Å²) >= 11 is 0. The standard InChI is InChI=1S/C28H26N2O3/c31-25(29-26-21-13-6-4-11-19(21)20-12-5-7-14-22(20)26)17-3-1-2-10-18-30-27(32)23-15-8-9-16-24(23)28(30)33/h4-9,11-16,26H,1-3,10,17-18H2,(H,29,31). The van der Waals surface area contributed by atoms with Gasteiger partial charge in [0.2, 0.25) is 5.91 Å². The Hall–Kier alpha value is -3.73. The number of benzene rings is 3. The molecule has 2 aliphatic rings. The van der Waals surface area contributed by atoms with Crippen LogP contribution in [-0.2, 0) is 4.79 Å². The molecule has 3 aromatic rings. The second-order valence-corrected chi connectivity index (χ2v) is 8.65. The third kappa shape index (κ3) is 3.95. The lowest BCUT2D eigenvalue weighted by atomic mass is 10.0. The number of nitrogens with one attached hydrogen (secondary N) is 1. The van der Waals surface area contributed by atoms with Gasteiger partial charge in [-0.15, -0.1) is 0 Å². The van der Waals surface area contributed by atoms with Gasteiger partial charge in [0.15, 0.2) is 0 Å². The van der Waals surface area contributed by atoms with Crippen molar-refractivity contribution in [1.82, 2.24) is 10.2 Å². The molecule has 0 fully saturated rings. The van der Waals surface area contributed by atoms with Crippen LogP contribution in [0.3, 0.4) is 0 Å². The van der Waals surface area contributed by atoms with E-state index in [4.69, 9.17) is 0 Å². The van der Waals surface area contributed by atoms with Crippen LogP contribution in [0.25, 0.3) is 11.1 Å². The molecule has 0 radical (unpaired) electrons. The van der Waals surface area contributed by atoms with Crippen molar-refractivity contribution in [1.29, 1.82) is 0 Å². The van der Waals surface area contributed by atoms with Gasteiger partial charge < -0.3 is 5.32 Å². The summed E-state index contributed by atoms with van der Waals surface area (Å²) in [7, 11) is 0. The summed E-state index contributed by atoms with van der Waals surface area (Å²) < 4.78 is 0. The number of hydrogen-bond acceptors (Lipinski definition) is 3. The Morgan fingerprint density at radius 2 is 1.15 bits per heavy atom. The topological polar surface area (TPSA) is 66.5 Å². The van der Waals surface area contributed by atoms with E-state index in [1.165, 1.54) is 16.0 Å². The summed E-state index contributed by atoms with van der Waals surface area (Å²) in [6.45, 7) is 0.425. The van der Waals surface area contributed by atoms with Crippen molar-refractivity contribution in [3.05, 3.63) is 95.1 Å². The lowest BCUT2D eigenvalue weighted by molar-refractivity contribution is -0.121. The maximum atomic E-state index is 12.7. The van der Waals surface area contributed by atoms with Gasteiger partial charge in [-0.3, -0.25) is 19.3 Å². The minimum Gasteiger partial charge on any atom is -0.345 e. The molecule has 0 bridgehead atoms. The van der Waals surface area contributed by atoms with E-state index in [1.807, 2.05) is 24.3 Å². The third-order valence-corrected chi connectivity index (χ3v) is 6.55. The Bertz CT molecular complexity index is 1150. The summed E-state index contributed by atoms with van der Waals surface area (Å²) in [4.78, 5) is 38.8. The van der Waals surface area contributed by atoms with E-state index in [1.54, 1.807) is 24.3 Å². The van der Waals surface area contributed by atoms with Crippen molar-refractivity contribution in [2.75, 3.05) is 6.54 Å². The van der Waals surface area contributed by atoms with Crippen LogP contribution in [0.15, 0.2) is 72.8 Å². The minimum atomic E-state index is -0.202. The lowest BCUT2D eigenvalue weighted by Gasteiger charge is -2.16. The van der Waals surface area contributed by atoms with Crippen LogP contribution in [0, 0.1) is 0 Å². The molecule has 3 aromatic carbocycles. The van der Waals surface area contributed by atoms with Gasteiger partial charge in [0.25, 0.3) is 11.8 Å². The normalized spacial score (nSPS) is 14.2. The molecule has 3 amide bonds. The number of unbranched alkanes of at least 4 members (excludes halogenated alkanes) is 3. The molecule has 0 saturated carbocycles. The fourth-order valence-corrected chi connectivity index (χ4v) is 4.90. The van der Waals surface area contributed by atoms with E-state index in [0.717, 1.165) is 36.8 Å². The Morgan fingerprint density at radius 1 is 0.667 bits per heavy atom. The Kier molecular flexibility index (Phi) is 5.78. The first-order valence-electron chi connectivity index (χ1n) is 11.6. The average molecular weight is 439 g/mol. The predicted octanol–water partition coefficient (Wildman–Crippen LogP) is 5.12. The fourth-order valence-electron chi connectivity index (χ4n) is 4.90. The van der Waals surface area contributed by atoms with Crippen LogP contribution in [0.4, 0.5) is 0 Å². The summed E-state index contributed by atoms with van der Waals surface area (Å²) in [5.74, 6) is -0.355. The highest BCUT2D eigenvalue weighted by Gasteiger charge is 2.34. The third-order valence-electron chi connectivity index (χ3n) is 6.55. The molecule has 0 saturated heterocycles. The number of fused-ring (bicyclic) bond motifs is 4. The Balaban J connectivity index is 1.08. The highest BCUT2D eigenvalue weighted by Crippen LogP contribution is 2.43. The first-order valence-corrected chi connectivity index (χ1v) is 11.6. The highest BCUT2D eigenvalue weighted by molar-refractivity contribution is 6.21. The van der Waals surface area contributed by atoms with Crippen molar-refractivity contribution in [2.24, 2.45) is 0 Å². The van der Waals surface area contributed by atoms with Crippen LogP contribution in [0.2, 0.25) is 0 Å². The smallest absolute Gasteiger partial charge is 0.261 e. The molecule has 1 heterocycles. The average Bonchev–Trinajstić information content (AvgIpc) is 3.29. The summed E-state index contributed by atoms with van der Waals surface area (Å²) in [5.41, 5.74) is 5.66. The van der Waals surface area contributed by atoms with Gasteiger partial charge in [0, 0.05) is 13.0 Å². The van der Waals surface area contributed by atoms with Crippen LogP contribution in [-0.4, -0.2) is 29.2 Å². The van der Waals surface area contributed by atoms with E-state index in [0.29, 0.717) is 24.1 Å². The van der Waals surface area contributed by atoms with E-state index >= 15 is 0 Å². The van der Waals surface area contributed by atoms with Crippen LogP contribution < -0.4 is 5.32 Å². The highest BCUT2D eigenvalue weighted by atomic mass is 16.2. The second kappa shape index (κ2) is 9.02. The van der Waals surface area contributed by atoms with E-state index < -0.39 is 0 Å². The molecule has 1 N–H and O–H groups in total. The SMILES string of the molecule is O=C(CCCCCCN1C(=O)c2ccccc2C1=O)NC1c2ccccc2-c2ccccc21. The van der Waals surface area contributed by atoms with Crippen molar-refractivity contribution >= 4 is 17.7 Å². The van der Waals surface area contributed by atoms with Gasteiger partial charge in [-0.2, -0.15) is 0 Å². The maximum absolute atomic E-state index is 12.7. The summed E-state index contributed by atoms with van der Waals surface area (Å²) in [6.07, 6.45) is 3.75. The summed E-state index contributed by atoms with van der Waals surface area (Å²) in [6, 6.07) is 23.3. The van der Waals surface area contributed by atoms with Crippen LogP contribution in [0.1, 0.15) is 70.0 Å². The number of rotatable bonds is 8. The van der Waals surface area contributed by atoms with Crippen LogP contribution >= 0.6 is 0 Å². The Labute approximate surface area is 193 Å². The van der Waals surface area contributed by atoms with Gasteiger partial charge in [0.1, 0.15) is 0 Å². The first-order chi connectivity index (χ1) is 16.1. The molecule has 0 atom stereocenters. The van der Waals surface area contributed by atoms with E-state index in [9.17, 15) is 14.4 Å². The lowest BCUT2D eigenvalue weighted by Crippen LogP contribution is -2.30. The van der Waals surface area contributed by atoms with Gasteiger partial charge in [-0.1, -0.05) is 73.5 Å². The minimum absolute atomic E-state index is 0.0480. The number of hydrogen-bond donors (Lipinski definition) is 1. The molecule has 1 aliphatic carbocycles. The van der Waals surface area contributed by atoms with Crippen molar-refractivity contribution in [3.63, 3.8) is 0 Å². The summed E-state index contributed by atoms with van der Waals surface area (Å²) in [5, 5.41) is 3.21. The zero-order chi connectivity index (χ0) is 22.8. The van der Waals surface area contributed by atoms with Gasteiger partial charge in [0.05, 0.1) is 17.2 Å². The van der Waals surface area contributed by atoms with Gasteiger partial charge in [-0.25, -0.2) is 0 Å². The quantitative estimate of drug-likeness (QED) is 0.392. The molecule has 0 spiro atoms. The fraction of sp³-hybridized carbons (Fsp3) is 0.250. The molecule has 0 unspecified atom stereocenters. The van der Waals surface area contributed by atoms with Gasteiger partial charge in [-0.05, 0) is 47.2 Å². The molecule has 5 rings (SSSR count). The number of imide groups is 1. The number of nitrogens with zero attached hydrogens (tertiary/aromatic N) is 1. The van der Waals surface area contributed by atoms with Gasteiger partial charge >= 0.3 is 0 Å². The zero-order valence-corrected chi connectivity index (χ0v) is 18.4. The molecular weight excluding hydrogens is 412 g/mol. The molecule has 0 aromatic heterocycles. The predicted molar refractivity (Wildman–Crippen MR) is 127 cm³/mol. The number of amides is 3. The van der Waals surface area contributed by atoms with Crippen LogP contribution in [0.5, 0.6) is 0 Å². The zero-order valence-electron chi connectivity index (χ0n) is 18.4. The first kappa shape index (κ1) is 21.1. The molecule has 33 heavy (non-hydrogen) atoms.